The Bertz CT molecular complexity index is 1630. The summed E-state index contributed by atoms with van der Waals surface area (Å²) in [5.41, 5.74) is 7.18. The quantitative estimate of drug-likeness (QED) is 0.401. The number of benzene rings is 1. The highest BCUT2D eigenvalue weighted by Crippen LogP contribution is 2.46. The van der Waals surface area contributed by atoms with Crippen LogP contribution < -0.4 is 10.5 Å². The molecule has 1 fully saturated rings. The number of carbonyl (C=O) groups is 1. The highest BCUT2D eigenvalue weighted by molar-refractivity contribution is 7.95. The van der Waals surface area contributed by atoms with Crippen LogP contribution in [0.1, 0.15) is 38.2 Å². The van der Waals surface area contributed by atoms with Gasteiger partial charge in [-0.1, -0.05) is 18.0 Å². The van der Waals surface area contributed by atoms with E-state index in [2.05, 4.69) is 19.5 Å². The molecule has 3 aromatic rings. The van der Waals surface area contributed by atoms with E-state index in [1.165, 1.54) is 25.6 Å². The standard InChI is InChI=1S/C24H27FN6O3S.C2HF3O2/c1-23(14-35(32,27-2)24(22(26)30-23)8-4-5-9-24)16-10-15(6-7-17(16)25)20-11-18(31-34-20)19-12-29-21(33-3)13-28-19;3-2(4,5)1(6)7/h6-7,10-13H,4-5,8-9,14H2,1-3H3,(H2,26,30);(H,6,7)/t23-,35?;/m0./s1. The largest absolute Gasteiger partial charge is 0.490 e. The lowest BCUT2D eigenvalue weighted by Gasteiger charge is -2.42. The lowest BCUT2D eigenvalue weighted by atomic mass is 9.91. The molecule has 1 spiro atoms. The summed E-state index contributed by atoms with van der Waals surface area (Å²) >= 11 is 0. The number of methoxy groups -OCH3 is 1. The molecule has 0 amide bonds. The minimum Gasteiger partial charge on any atom is -0.480 e. The Labute approximate surface area is 238 Å². The number of amidine groups is 1. The number of hydrogen-bond donors (Lipinski definition) is 2. The molecular weight excluding hydrogens is 584 g/mol. The Balaban J connectivity index is 0.000000517. The molecule has 1 aliphatic carbocycles. The molecule has 0 bridgehead atoms. The molecule has 42 heavy (non-hydrogen) atoms. The number of aliphatic imine (C=N–C) groups is 1. The number of alkyl halides is 3. The zero-order valence-electron chi connectivity index (χ0n) is 22.8. The van der Waals surface area contributed by atoms with Gasteiger partial charge in [-0.05, 0) is 38.0 Å². The minimum absolute atomic E-state index is 0.0979. The van der Waals surface area contributed by atoms with Crippen LogP contribution in [0.4, 0.5) is 17.6 Å². The van der Waals surface area contributed by atoms with Gasteiger partial charge in [-0.15, -0.1) is 0 Å². The van der Waals surface area contributed by atoms with Gasteiger partial charge in [0.2, 0.25) is 5.88 Å². The van der Waals surface area contributed by atoms with Crippen LogP contribution in [0, 0.1) is 5.82 Å². The van der Waals surface area contributed by atoms with E-state index in [-0.39, 0.29) is 11.3 Å². The molecule has 1 aromatic carbocycles. The van der Waals surface area contributed by atoms with E-state index in [1.807, 2.05) is 0 Å². The van der Waals surface area contributed by atoms with Crippen LogP contribution in [0.15, 0.2) is 50.5 Å². The number of aliphatic carboxylic acids is 1. The monoisotopic (exact) mass is 612 g/mol. The van der Waals surface area contributed by atoms with Crippen molar-refractivity contribution in [1.29, 1.82) is 0 Å². The SMILES string of the molecule is CN=S1(=O)C[C@@](C)(c2cc(-c3cc(-c4cnc(OC)cn4)no3)ccc2F)N=C(N)C12CCCC2.O=C(O)C(F)(F)F. The first kappa shape index (κ1) is 30.9. The van der Waals surface area contributed by atoms with Gasteiger partial charge < -0.3 is 20.1 Å². The lowest BCUT2D eigenvalue weighted by Crippen LogP contribution is -2.56. The topological polar surface area (TPSA) is 166 Å². The van der Waals surface area contributed by atoms with E-state index in [9.17, 15) is 17.4 Å². The lowest BCUT2D eigenvalue weighted by molar-refractivity contribution is -0.192. The maximum Gasteiger partial charge on any atom is 0.490 e. The van der Waals surface area contributed by atoms with Crippen molar-refractivity contribution in [2.45, 2.75) is 49.1 Å². The fraction of sp³-hybridized carbons (Fsp3) is 0.423. The smallest absolute Gasteiger partial charge is 0.480 e. The Morgan fingerprint density at radius 1 is 1.17 bits per heavy atom. The molecule has 3 N–H and O–H groups in total. The molecule has 1 unspecified atom stereocenters. The third kappa shape index (κ3) is 5.67. The van der Waals surface area contributed by atoms with Crippen LogP contribution in [0.25, 0.3) is 22.7 Å². The number of nitrogens with zero attached hydrogens (tertiary/aromatic N) is 5. The van der Waals surface area contributed by atoms with Crippen molar-refractivity contribution < 1.29 is 40.9 Å². The van der Waals surface area contributed by atoms with Crippen molar-refractivity contribution in [3.8, 4) is 28.6 Å². The van der Waals surface area contributed by atoms with E-state index < -0.39 is 38.0 Å². The highest BCUT2D eigenvalue weighted by atomic mass is 32.2. The number of ether oxygens (including phenoxy) is 1. The Morgan fingerprint density at radius 3 is 2.38 bits per heavy atom. The van der Waals surface area contributed by atoms with Gasteiger partial charge in [-0.25, -0.2) is 27.7 Å². The van der Waals surface area contributed by atoms with Crippen LogP contribution in [0.5, 0.6) is 5.88 Å². The van der Waals surface area contributed by atoms with Crippen molar-refractivity contribution in [2.75, 3.05) is 19.9 Å². The summed E-state index contributed by atoms with van der Waals surface area (Å²) in [6, 6.07) is 6.30. The zero-order chi connectivity index (χ0) is 30.9. The third-order valence-corrected chi connectivity index (χ3v) is 10.7. The maximum absolute atomic E-state index is 15.2. The molecule has 1 aliphatic heterocycles. The molecule has 0 saturated heterocycles. The van der Waals surface area contributed by atoms with Crippen LogP contribution >= 0.6 is 0 Å². The van der Waals surface area contributed by atoms with Gasteiger partial charge in [-0.3, -0.25) is 4.99 Å². The number of nitrogens with two attached hydrogens (primary N) is 1. The van der Waals surface area contributed by atoms with Gasteiger partial charge in [-0.2, -0.15) is 13.2 Å². The third-order valence-electron chi connectivity index (χ3n) is 7.31. The zero-order valence-corrected chi connectivity index (χ0v) is 23.6. The Morgan fingerprint density at radius 2 is 1.83 bits per heavy atom. The van der Waals surface area contributed by atoms with E-state index >= 15 is 4.39 Å². The number of carboxylic acids is 1. The molecule has 5 rings (SSSR count). The van der Waals surface area contributed by atoms with E-state index in [0.29, 0.717) is 47.3 Å². The first-order valence-corrected chi connectivity index (χ1v) is 14.3. The van der Waals surface area contributed by atoms with Gasteiger partial charge in [0.1, 0.15) is 33.3 Å². The summed E-state index contributed by atoms with van der Waals surface area (Å²) < 4.78 is 75.2. The fourth-order valence-corrected chi connectivity index (χ4v) is 8.19. The van der Waals surface area contributed by atoms with Crippen LogP contribution in [0.2, 0.25) is 0 Å². The summed E-state index contributed by atoms with van der Waals surface area (Å²) in [4.78, 5) is 22.1. The minimum atomic E-state index is -5.08. The van der Waals surface area contributed by atoms with Crippen molar-refractivity contribution in [2.24, 2.45) is 15.1 Å². The number of aromatic nitrogens is 3. The molecule has 1 saturated carbocycles. The first-order chi connectivity index (χ1) is 19.7. The molecule has 2 aromatic heterocycles. The molecular formula is C26H28F4N6O5S. The fourth-order valence-electron chi connectivity index (χ4n) is 5.16. The van der Waals surface area contributed by atoms with Crippen LogP contribution in [0.3, 0.4) is 0 Å². The Hall–Kier alpha value is -4.08. The van der Waals surface area contributed by atoms with Gasteiger partial charge >= 0.3 is 12.1 Å². The van der Waals surface area contributed by atoms with Gasteiger partial charge in [0, 0.05) is 24.2 Å². The molecule has 226 valence electrons. The molecule has 11 nitrogen and oxygen atoms in total. The number of halogens is 4. The van der Waals surface area contributed by atoms with Gasteiger partial charge in [0.15, 0.2) is 5.76 Å². The van der Waals surface area contributed by atoms with Crippen molar-refractivity contribution in [1.82, 2.24) is 15.1 Å². The average molecular weight is 613 g/mol. The normalized spacial score (nSPS) is 23.1. The van der Waals surface area contributed by atoms with Crippen LogP contribution in [-0.2, 0) is 20.1 Å². The molecule has 2 aliphatic rings. The number of carboxylic acid groups (broad SMARTS) is 1. The second-order valence-electron chi connectivity index (χ2n) is 9.96. The molecule has 16 heteroatoms. The second-order valence-corrected chi connectivity index (χ2v) is 12.7. The highest BCUT2D eigenvalue weighted by Gasteiger charge is 2.54. The van der Waals surface area contributed by atoms with E-state index in [1.54, 1.807) is 32.2 Å². The van der Waals surface area contributed by atoms with Gasteiger partial charge in [0.05, 0.1) is 35.0 Å². The summed E-state index contributed by atoms with van der Waals surface area (Å²) in [6.07, 6.45) is 1.16. The molecule has 3 heterocycles. The predicted molar refractivity (Wildman–Crippen MR) is 145 cm³/mol. The van der Waals surface area contributed by atoms with Crippen molar-refractivity contribution in [3.63, 3.8) is 0 Å². The summed E-state index contributed by atoms with van der Waals surface area (Å²) in [6.45, 7) is 1.76. The van der Waals surface area contributed by atoms with Gasteiger partial charge in [0.25, 0.3) is 0 Å². The summed E-state index contributed by atoms with van der Waals surface area (Å²) in [7, 11) is 0.307. The van der Waals surface area contributed by atoms with Crippen LogP contribution in [-0.4, -0.2) is 67.1 Å². The average Bonchev–Trinajstić information content (AvgIpc) is 3.64. The second kappa shape index (κ2) is 11.3. The predicted octanol–water partition coefficient (Wildman–Crippen LogP) is 4.58. The number of rotatable bonds is 4. The molecule has 2 atom stereocenters. The van der Waals surface area contributed by atoms with E-state index in [0.717, 1.165) is 12.8 Å². The van der Waals surface area contributed by atoms with Crippen molar-refractivity contribution >= 4 is 21.5 Å². The summed E-state index contributed by atoms with van der Waals surface area (Å²) in [5, 5.41) is 11.2. The number of hydrogen-bond acceptors (Lipinski definition) is 10. The Kier molecular flexibility index (Phi) is 8.31. The molecule has 0 radical (unpaired) electrons. The van der Waals surface area contributed by atoms with Crippen molar-refractivity contribution in [3.05, 3.63) is 48.0 Å². The summed E-state index contributed by atoms with van der Waals surface area (Å²) in [5.74, 6) is -2.01. The van der Waals surface area contributed by atoms with E-state index in [4.69, 9.17) is 29.9 Å². The first-order valence-electron chi connectivity index (χ1n) is 12.6. The maximum atomic E-state index is 15.2.